The van der Waals surface area contributed by atoms with Gasteiger partial charge in [-0.3, -0.25) is 4.79 Å². The third kappa shape index (κ3) is 2.59. The summed E-state index contributed by atoms with van der Waals surface area (Å²) >= 11 is 0. The molecule has 0 amide bonds. The number of carbonyl (C=O) groups is 1. The van der Waals surface area contributed by atoms with Crippen LogP contribution >= 0.6 is 0 Å². The predicted molar refractivity (Wildman–Crippen MR) is 83.8 cm³/mol. The van der Waals surface area contributed by atoms with E-state index in [2.05, 4.69) is 4.99 Å². The smallest absolute Gasteiger partial charge is 0.218 e. The summed E-state index contributed by atoms with van der Waals surface area (Å²) in [6.07, 6.45) is 0.860. The van der Waals surface area contributed by atoms with E-state index in [9.17, 15) is 4.79 Å². The number of hydrogen-bond donors (Lipinski definition) is 0. The minimum Gasteiger partial charge on any atom is -0.475 e. The van der Waals surface area contributed by atoms with Crippen molar-refractivity contribution in [3.05, 3.63) is 59.7 Å². The van der Waals surface area contributed by atoms with Gasteiger partial charge in [0.15, 0.2) is 6.29 Å². The van der Waals surface area contributed by atoms with Crippen LogP contribution in [0.15, 0.2) is 53.5 Å². The minimum atomic E-state index is -0.251. The van der Waals surface area contributed by atoms with Gasteiger partial charge >= 0.3 is 0 Å². The number of rotatable bonds is 3. The fourth-order valence-corrected chi connectivity index (χ4v) is 2.48. The second-order valence-electron chi connectivity index (χ2n) is 5.77. The lowest BCUT2D eigenvalue weighted by Crippen LogP contribution is -2.17. The molecule has 0 spiro atoms. The molecular weight excluding hydrogens is 262 g/mol. The Labute approximate surface area is 124 Å². The van der Waals surface area contributed by atoms with E-state index in [1.807, 2.05) is 56.3 Å². The summed E-state index contributed by atoms with van der Waals surface area (Å²) in [5, 5.41) is 0. The number of carbonyl (C=O) groups excluding carboxylic acids is 1. The Hall–Kier alpha value is -2.42. The summed E-state index contributed by atoms with van der Waals surface area (Å²) in [5.41, 5.74) is 3.15. The van der Waals surface area contributed by atoms with Crippen molar-refractivity contribution in [2.45, 2.75) is 19.4 Å². The molecule has 21 heavy (non-hydrogen) atoms. The van der Waals surface area contributed by atoms with Crippen LogP contribution in [0.5, 0.6) is 0 Å². The zero-order valence-corrected chi connectivity index (χ0v) is 12.2. The van der Waals surface area contributed by atoms with Crippen LogP contribution in [0.3, 0.4) is 0 Å². The monoisotopic (exact) mass is 279 g/mol. The Morgan fingerprint density at radius 3 is 2.48 bits per heavy atom. The molecule has 1 heterocycles. The molecule has 0 saturated carbocycles. The van der Waals surface area contributed by atoms with Crippen LogP contribution in [-0.4, -0.2) is 24.3 Å². The molecule has 106 valence electrons. The lowest BCUT2D eigenvalue weighted by Gasteiger charge is -2.11. The van der Waals surface area contributed by atoms with Gasteiger partial charge in [-0.05, 0) is 25.0 Å². The second-order valence-corrected chi connectivity index (χ2v) is 5.77. The van der Waals surface area contributed by atoms with Gasteiger partial charge in [-0.25, -0.2) is 4.99 Å². The van der Waals surface area contributed by atoms with Crippen molar-refractivity contribution in [3.8, 4) is 11.1 Å². The van der Waals surface area contributed by atoms with E-state index in [1.54, 1.807) is 6.07 Å². The summed E-state index contributed by atoms with van der Waals surface area (Å²) in [6, 6.07) is 15.7. The van der Waals surface area contributed by atoms with Crippen LogP contribution in [-0.2, 0) is 4.74 Å². The number of aliphatic imine (C=N–C) groups is 1. The Balaban J connectivity index is 2.21. The third-order valence-electron chi connectivity index (χ3n) is 3.49. The molecule has 2 aromatic carbocycles. The van der Waals surface area contributed by atoms with Crippen molar-refractivity contribution in [2.75, 3.05) is 6.61 Å². The Morgan fingerprint density at radius 1 is 1.10 bits per heavy atom. The summed E-state index contributed by atoms with van der Waals surface area (Å²) in [7, 11) is 0. The summed E-state index contributed by atoms with van der Waals surface area (Å²) in [5.74, 6) is 0.557. The highest BCUT2D eigenvalue weighted by Gasteiger charge is 2.29. The molecule has 0 N–H and O–H groups in total. The first-order chi connectivity index (χ1) is 10.1. The third-order valence-corrected chi connectivity index (χ3v) is 3.49. The summed E-state index contributed by atoms with van der Waals surface area (Å²) in [4.78, 5) is 16.0. The topological polar surface area (TPSA) is 38.7 Å². The molecule has 3 heteroatoms. The van der Waals surface area contributed by atoms with Gasteiger partial charge in [-0.1, -0.05) is 48.5 Å². The fraction of sp³-hybridized carbons (Fsp3) is 0.222. The first-order valence-electron chi connectivity index (χ1n) is 6.97. The van der Waals surface area contributed by atoms with Crippen molar-refractivity contribution in [2.24, 2.45) is 4.99 Å². The molecule has 0 fully saturated rings. The molecule has 1 aliphatic rings. The molecule has 3 rings (SSSR count). The van der Waals surface area contributed by atoms with Gasteiger partial charge in [0.05, 0.1) is 11.1 Å². The molecule has 0 atom stereocenters. The van der Waals surface area contributed by atoms with Crippen molar-refractivity contribution in [3.63, 3.8) is 0 Å². The first-order valence-corrected chi connectivity index (χ1v) is 6.97. The van der Waals surface area contributed by atoms with Gasteiger partial charge in [0, 0.05) is 5.56 Å². The van der Waals surface area contributed by atoms with E-state index in [0.29, 0.717) is 18.1 Å². The number of nitrogens with zero attached hydrogens (tertiary/aromatic N) is 1. The van der Waals surface area contributed by atoms with E-state index >= 15 is 0 Å². The summed E-state index contributed by atoms with van der Waals surface area (Å²) in [6.45, 7) is 4.57. The van der Waals surface area contributed by atoms with E-state index in [-0.39, 0.29) is 5.54 Å². The fourth-order valence-electron chi connectivity index (χ4n) is 2.48. The van der Waals surface area contributed by atoms with E-state index < -0.39 is 0 Å². The average Bonchev–Trinajstić information content (AvgIpc) is 2.87. The quantitative estimate of drug-likeness (QED) is 0.803. The van der Waals surface area contributed by atoms with Gasteiger partial charge in [0.25, 0.3) is 0 Å². The highest BCUT2D eigenvalue weighted by molar-refractivity contribution is 6.07. The number of hydrogen-bond acceptors (Lipinski definition) is 3. The van der Waals surface area contributed by atoms with E-state index in [0.717, 1.165) is 23.0 Å². The molecule has 3 nitrogen and oxygen atoms in total. The van der Waals surface area contributed by atoms with Crippen LogP contribution in [0, 0.1) is 0 Å². The predicted octanol–water partition coefficient (Wildman–Crippen LogP) is 3.72. The second kappa shape index (κ2) is 5.17. The standard InChI is InChI=1S/C18H17NO2/c1-18(2)12-21-17(19-18)16-14(11-20)9-6-10-15(16)13-7-4-3-5-8-13/h3-11H,12H2,1-2H3. The average molecular weight is 279 g/mol. The zero-order chi connectivity index (χ0) is 14.9. The number of benzene rings is 2. The van der Waals surface area contributed by atoms with Gasteiger partial charge in [-0.2, -0.15) is 0 Å². The highest BCUT2D eigenvalue weighted by atomic mass is 16.5. The van der Waals surface area contributed by atoms with Gasteiger partial charge in [0.2, 0.25) is 5.90 Å². The van der Waals surface area contributed by atoms with Crippen LogP contribution in [0.4, 0.5) is 0 Å². The maximum absolute atomic E-state index is 11.4. The van der Waals surface area contributed by atoms with Gasteiger partial charge in [0.1, 0.15) is 6.61 Å². The zero-order valence-electron chi connectivity index (χ0n) is 12.2. The van der Waals surface area contributed by atoms with Crippen molar-refractivity contribution in [1.82, 2.24) is 0 Å². The maximum Gasteiger partial charge on any atom is 0.218 e. The lowest BCUT2D eigenvalue weighted by molar-refractivity contribution is 0.112. The minimum absolute atomic E-state index is 0.251. The first kappa shape index (κ1) is 13.6. The van der Waals surface area contributed by atoms with Crippen molar-refractivity contribution < 1.29 is 9.53 Å². The molecule has 0 bridgehead atoms. The molecule has 2 aromatic rings. The lowest BCUT2D eigenvalue weighted by atomic mass is 9.95. The SMILES string of the molecule is CC1(C)COC(c2c(C=O)cccc2-c2ccccc2)=N1. The Kier molecular flexibility index (Phi) is 3.34. The van der Waals surface area contributed by atoms with Crippen molar-refractivity contribution >= 4 is 12.2 Å². The molecule has 0 saturated heterocycles. The number of aldehydes is 1. The molecule has 0 radical (unpaired) electrons. The molecule has 0 aromatic heterocycles. The van der Waals surface area contributed by atoms with Crippen LogP contribution in [0.1, 0.15) is 29.8 Å². The van der Waals surface area contributed by atoms with Crippen LogP contribution < -0.4 is 0 Å². The molecule has 0 unspecified atom stereocenters. The van der Waals surface area contributed by atoms with Crippen LogP contribution in [0.2, 0.25) is 0 Å². The largest absolute Gasteiger partial charge is 0.475 e. The maximum atomic E-state index is 11.4. The van der Waals surface area contributed by atoms with Gasteiger partial charge < -0.3 is 4.74 Å². The summed E-state index contributed by atoms with van der Waals surface area (Å²) < 4.78 is 5.75. The van der Waals surface area contributed by atoms with Crippen molar-refractivity contribution in [1.29, 1.82) is 0 Å². The Morgan fingerprint density at radius 2 is 1.86 bits per heavy atom. The van der Waals surface area contributed by atoms with Crippen LogP contribution in [0.25, 0.3) is 11.1 Å². The molecular formula is C18H17NO2. The number of ether oxygens (including phenoxy) is 1. The highest BCUT2D eigenvalue weighted by Crippen LogP contribution is 2.30. The molecule has 0 aliphatic carbocycles. The Bertz CT molecular complexity index is 702. The molecule has 1 aliphatic heterocycles. The normalized spacial score (nSPS) is 16.2. The van der Waals surface area contributed by atoms with E-state index in [4.69, 9.17) is 4.74 Å². The van der Waals surface area contributed by atoms with Gasteiger partial charge in [-0.15, -0.1) is 0 Å². The van der Waals surface area contributed by atoms with E-state index in [1.165, 1.54) is 0 Å².